The zero-order valence-corrected chi connectivity index (χ0v) is 8.52. The molecule has 2 bridgehead atoms. The largest absolute Gasteiger partial charge is 0.393 e. The molecule has 3 fully saturated rings. The number of fused-ring (bicyclic) bond motifs is 5. The van der Waals surface area contributed by atoms with E-state index in [9.17, 15) is 14.7 Å². The molecule has 3 saturated heterocycles. The Morgan fingerprint density at radius 1 is 1.27 bits per heavy atom. The Hall–Kier alpha value is -0.940. The quantitative estimate of drug-likeness (QED) is 0.437. The minimum absolute atomic E-state index is 0.382. The molecular formula is C10H12O5. The number of cyclic esters (lactones) is 2. The fourth-order valence-corrected chi connectivity index (χ4v) is 3.32. The zero-order chi connectivity index (χ0) is 11.0. The molecule has 0 aromatic carbocycles. The standard InChI is InChI=1S/C10H12O5/c1-9-3-4(11)10(2,15-9)6-5(9)7(12)14-8(6)13/h4-6,11H,3H2,1-2H3/t4-,5?,6-,9?,10?/m1/s1. The first-order valence-corrected chi connectivity index (χ1v) is 5.02. The summed E-state index contributed by atoms with van der Waals surface area (Å²) in [6.07, 6.45) is -0.324. The van der Waals surface area contributed by atoms with Gasteiger partial charge in [-0.25, -0.2) is 0 Å². The number of aliphatic hydroxyl groups excluding tert-OH is 1. The highest BCUT2D eigenvalue weighted by Crippen LogP contribution is 2.59. The minimum atomic E-state index is -0.956. The number of carbonyl (C=O) groups is 2. The van der Waals surface area contributed by atoms with Crippen LogP contribution in [0.3, 0.4) is 0 Å². The van der Waals surface area contributed by atoms with E-state index in [1.807, 2.05) is 0 Å². The van der Waals surface area contributed by atoms with Crippen molar-refractivity contribution in [3.63, 3.8) is 0 Å². The molecule has 3 rings (SSSR count). The fraction of sp³-hybridized carbons (Fsp3) is 0.800. The van der Waals surface area contributed by atoms with Crippen molar-refractivity contribution in [3.05, 3.63) is 0 Å². The van der Waals surface area contributed by atoms with Crippen molar-refractivity contribution in [2.45, 2.75) is 37.6 Å². The second-order valence-corrected chi connectivity index (χ2v) is 5.01. The van der Waals surface area contributed by atoms with Crippen molar-refractivity contribution in [2.24, 2.45) is 11.8 Å². The maximum Gasteiger partial charge on any atom is 0.320 e. The topological polar surface area (TPSA) is 72.8 Å². The summed E-state index contributed by atoms with van der Waals surface area (Å²) in [4.78, 5) is 23.0. The Bertz CT molecular complexity index is 378. The molecule has 15 heavy (non-hydrogen) atoms. The molecule has 3 unspecified atom stereocenters. The Labute approximate surface area is 86.4 Å². The summed E-state index contributed by atoms with van der Waals surface area (Å²) in [7, 11) is 0. The van der Waals surface area contributed by atoms with Gasteiger partial charge >= 0.3 is 11.9 Å². The highest BCUT2D eigenvalue weighted by atomic mass is 16.6. The molecule has 0 aromatic heterocycles. The SMILES string of the molecule is CC12C[C@@H](O)C(C)(O1)[C@H]1C(=O)OC(=O)C12. The van der Waals surface area contributed by atoms with Gasteiger partial charge in [0.1, 0.15) is 17.4 Å². The van der Waals surface area contributed by atoms with Crippen molar-refractivity contribution in [1.29, 1.82) is 0 Å². The number of ether oxygens (including phenoxy) is 2. The first kappa shape index (κ1) is 9.30. The normalized spacial score (nSPS) is 57.1. The van der Waals surface area contributed by atoms with Crippen LogP contribution in [0.15, 0.2) is 0 Å². The van der Waals surface area contributed by atoms with E-state index in [2.05, 4.69) is 4.74 Å². The maximum absolute atomic E-state index is 11.5. The van der Waals surface area contributed by atoms with Gasteiger partial charge in [0.05, 0.1) is 11.7 Å². The smallest absolute Gasteiger partial charge is 0.320 e. The highest BCUT2D eigenvalue weighted by molar-refractivity contribution is 5.99. The second kappa shape index (κ2) is 2.25. The summed E-state index contributed by atoms with van der Waals surface area (Å²) in [5.74, 6) is -2.25. The molecule has 0 radical (unpaired) electrons. The molecule has 1 N–H and O–H groups in total. The molecular weight excluding hydrogens is 200 g/mol. The Morgan fingerprint density at radius 2 is 1.87 bits per heavy atom. The third kappa shape index (κ3) is 0.823. The third-order valence-corrected chi connectivity index (χ3v) is 4.03. The molecule has 3 aliphatic rings. The van der Waals surface area contributed by atoms with Crippen LogP contribution in [0, 0.1) is 11.8 Å². The lowest BCUT2D eigenvalue weighted by atomic mass is 9.67. The van der Waals surface area contributed by atoms with Crippen LogP contribution >= 0.6 is 0 Å². The van der Waals surface area contributed by atoms with Gasteiger partial charge in [-0.1, -0.05) is 0 Å². The molecule has 5 atom stereocenters. The monoisotopic (exact) mass is 212 g/mol. The summed E-state index contributed by atoms with van der Waals surface area (Å²) in [5, 5.41) is 9.85. The third-order valence-electron chi connectivity index (χ3n) is 4.03. The van der Waals surface area contributed by atoms with Gasteiger partial charge in [-0.2, -0.15) is 0 Å². The molecule has 0 spiro atoms. The number of aliphatic hydroxyl groups is 1. The molecule has 3 heterocycles. The number of carbonyl (C=O) groups excluding carboxylic acids is 2. The lowest BCUT2D eigenvalue weighted by molar-refractivity contribution is -0.162. The van der Waals surface area contributed by atoms with Crippen molar-refractivity contribution < 1.29 is 24.2 Å². The van der Waals surface area contributed by atoms with Gasteiger partial charge in [0.2, 0.25) is 0 Å². The fourth-order valence-electron chi connectivity index (χ4n) is 3.32. The number of esters is 2. The van der Waals surface area contributed by atoms with E-state index >= 15 is 0 Å². The van der Waals surface area contributed by atoms with Crippen molar-refractivity contribution in [3.8, 4) is 0 Å². The van der Waals surface area contributed by atoms with E-state index in [4.69, 9.17) is 4.74 Å². The van der Waals surface area contributed by atoms with Gasteiger partial charge in [-0.05, 0) is 13.8 Å². The lowest BCUT2D eigenvalue weighted by Crippen LogP contribution is -2.48. The van der Waals surface area contributed by atoms with E-state index < -0.39 is 41.1 Å². The molecule has 3 aliphatic heterocycles. The molecule has 5 nitrogen and oxygen atoms in total. The van der Waals surface area contributed by atoms with Crippen molar-refractivity contribution in [2.75, 3.05) is 0 Å². The molecule has 0 aliphatic carbocycles. The number of hydrogen-bond acceptors (Lipinski definition) is 5. The average molecular weight is 212 g/mol. The summed E-state index contributed by atoms with van der Waals surface area (Å²) < 4.78 is 10.3. The summed E-state index contributed by atoms with van der Waals surface area (Å²) >= 11 is 0. The molecule has 82 valence electrons. The lowest BCUT2D eigenvalue weighted by Gasteiger charge is -2.30. The van der Waals surface area contributed by atoms with E-state index in [0.717, 1.165) is 0 Å². The van der Waals surface area contributed by atoms with Crippen LogP contribution in [0.1, 0.15) is 20.3 Å². The van der Waals surface area contributed by atoms with Crippen molar-refractivity contribution >= 4 is 11.9 Å². The Kier molecular flexibility index (Phi) is 1.39. The molecule has 0 amide bonds. The van der Waals surface area contributed by atoms with Crippen LogP contribution in [-0.4, -0.2) is 34.4 Å². The Balaban J connectivity index is 2.14. The summed E-state index contributed by atoms with van der Waals surface area (Å²) in [6.45, 7) is 3.43. The van der Waals surface area contributed by atoms with Crippen LogP contribution in [-0.2, 0) is 19.1 Å². The first-order valence-electron chi connectivity index (χ1n) is 5.02. The van der Waals surface area contributed by atoms with E-state index in [1.165, 1.54) is 0 Å². The van der Waals surface area contributed by atoms with Crippen LogP contribution in [0.2, 0.25) is 0 Å². The van der Waals surface area contributed by atoms with Gasteiger partial charge in [-0.3, -0.25) is 9.59 Å². The first-order chi connectivity index (χ1) is 6.88. The van der Waals surface area contributed by atoms with Crippen LogP contribution < -0.4 is 0 Å². The average Bonchev–Trinajstić information content (AvgIpc) is 2.58. The van der Waals surface area contributed by atoms with Crippen LogP contribution in [0.5, 0.6) is 0 Å². The van der Waals surface area contributed by atoms with Gasteiger partial charge in [0, 0.05) is 6.42 Å². The number of hydrogen-bond donors (Lipinski definition) is 1. The maximum atomic E-state index is 11.5. The van der Waals surface area contributed by atoms with Gasteiger partial charge in [0.25, 0.3) is 0 Å². The van der Waals surface area contributed by atoms with E-state index in [1.54, 1.807) is 13.8 Å². The van der Waals surface area contributed by atoms with E-state index in [-0.39, 0.29) is 0 Å². The number of rotatable bonds is 0. The molecule has 0 saturated carbocycles. The van der Waals surface area contributed by atoms with Crippen LogP contribution in [0.25, 0.3) is 0 Å². The van der Waals surface area contributed by atoms with E-state index in [0.29, 0.717) is 6.42 Å². The Morgan fingerprint density at radius 3 is 2.53 bits per heavy atom. The van der Waals surface area contributed by atoms with Gasteiger partial charge in [-0.15, -0.1) is 0 Å². The zero-order valence-electron chi connectivity index (χ0n) is 8.52. The predicted octanol–water partition coefficient (Wildman–Crippen LogP) is -0.386. The molecule has 5 heteroatoms. The summed E-state index contributed by atoms with van der Waals surface area (Å²) in [5.41, 5.74) is -1.70. The van der Waals surface area contributed by atoms with Crippen molar-refractivity contribution in [1.82, 2.24) is 0 Å². The van der Waals surface area contributed by atoms with Gasteiger partial charge < -0.3 is 14.6 Å². The minimum Gasteiger partial charge on any atom is -0.393 e. The van der Waals surface area contributed by atoms with Crippen LogP contribution in [0.4, 0.5) is 0 Å². The summed E-state index contributed by atoms with van der Waals surface area (Å²) in [6, 6.07) is 0. The predicted molar refractivity (Wildman–Crippen MR) is 46.6 cm³/mol. The highest BCUT2D eigenvalue weighted by Gasteiger charge is 2.75. The second-order valence-electron chi connectivity index (χ2n) is 5.01. The van der Waals surface area contributed by atoms with Gasteiger partial charge in [0.15, 0.2) is 0 Å². The molecule has 0 aromatic rings.